The van der Waals surface area contributed by atoms with Gasteiger partial charge in [0.05, 0.1) is 12.2 Å². The van der Waals surface area contributed by atoms with E-state index in [-0.39, 0.29) is 34.5 Å². The number of anilines is 1. The highest BCUT2D eigenvalue weighted by Crippen LogP contribution is 2.43. The van der Waals surface area contributed by atoms with Crippen LogP contribution >= 0.6 is 11.6 Å². The van der Waals surface area contributed by atoms with E-state index in [1.54, 1.807) is 23.6 Å². The van der Waals surface area contributed by atoms with Crippen LogP contribution in [0.15, 0.2) is 36.8 Å². The molecule has 0 fully saturated rings. The van der Waals surface area contributed by atoms with E-state index in [1.807, 2.05) is 13.8 Å². The first-order valence-corrected chi connectivity index (χ1v) is 11.2. The third-order valence-corrected chi connectivity index (χ3v) is 5.91. The minimum atomic E-state index is -4.61. The van der Waals surface area contributed by atoms with Gasteiger partial charge in [0.2, 0.25) is 0 Å². The number of pyridine rings is 1. The lowest BCUT2D eigenvalue weighted by molar-refractivity contribution is -0.141. The van der Waals surface area contributed by atoms with E-state index in [2.05, 4.69) is 15.0 Å². The number of alkyl halides is 3. The van der Waals surface area contributed by atoms with Crippen molar-refractivity contribution in [1.29, 1.82) is 0 Å². The molecule has 0 saturated carbocycles. The maximum atomic E-state index is 15.5. The Kier molecular flexibility index (Phi) is 6.59. The van der Waals surface area contributed by atoms with Crippen LogP contribution in [-0.4, -0.2) is 26.0 Å². The monoisotopic (exact) mass is 507 g/mol. The summed E-state index contributed by atoms with van der Waals surface area (Å²) in [6.07, 6.45) is 0.208. The van der Waals surface area contributed by atoms with Crippen LogP contribution in [0.1, 0.15) is 48.8 Å². The van der Waals surface area contributed by atoms with Gasteiger partial charge < -0.3 is 10.5 Å². The van der Waals surface area contributed by atoms with Gasteiger partial charge in [0.15, 0.2) is 11.0 Å². The van der Waals surface area contributed by atoms with Crippen molar-refractivity contribution in [3.8, 4) is 16.9 Å². The molecule has 0 amide bonds. The summed E-state index contributed by atoms with van der Waals surface area (Å²) in [5, 5.41) is 0.166. The lowest BCUT2D eigenvalue weighted by Gasteiger charge is -2.22. The second kappa shape index (κ2) is 9.33. The first-order chi connectivity index (χ1) is 16.5. The van der Waals surface area contributed by atoms with Crippen LogP contribution in [0.3, 0.4) is 0 Å². The minimum Gasteiger partial charge on any atom is -0.493 e. The van der Waals surface area contributed by atoms with Crippen molar-refractivity contribution in [3.05, 3.63) is 70.4 Å². The predicted molar refractivity (Wildman–Crippen MR) is 125 cm³/mol. The highest BCUT2D eigenvalue weighted by molar-refractivity contribution is 6.33. The number of aromatic nitrogens is 4. The van der Waals surface area contributed by atoms with Crippen LogP contribution in [-0.2, 0) is 6.18 Å². The number of aryl methyl sites for hydroxylation is 1. The predicted octanol–water partition coefficient (Wildman–Crippen LogP) is 6.43. The summed E-state index contributed by atoms with van der Waals surface area (Å²) < 4.78 is 62.3. The van der Waals surface area contributed by atoms with Gasteiger partial charge in [0.25, 0.3) is 0 Å². The van der Waals surface area contributed by atoms with Gasteiger partial charge in [-0.1, -0.05) is 31.5 Å². The molecule has 0 radical (unpaired) electrons. The Hall–Kier alpha value is -3.40. The number of hydrogen-bond donors (Lipinski definition) is 1. The highest BCUT2D eigenvalue weighted by atomic mass is 35.5. The molecule has 0 saturated heterocycles. The maximum Gasteiger partial charge on any atom is 0.433 e. The quantitative estimate of drug-likeness (QED) is 0.304. The molecule has 0 aliphatic rings. The zero-order valence-corrected chi connectivity index (χ0v) is 19.9. The van der Waals surface area contributed by atoms with Gasteiger partial charge in [-0.15, -0.1) is 0 Å². The third-order valence-electron chi connectivity index (χ3n) is 5.64. The smallest absolute Gasteiger partial charge is 0.433 e. The average Bonchev–Trinajstić information content (AvgIpc) is 3.16. The summed E-state index contributed by atoms with van der Waals surface area (Å²) in [6, 6.07) is 3.65. The SMILES string of the molecule is CCCOc1c([C@H](C)c2nc(Cl)c3c(N)nccn23)cc(C)c(F)c1-c1ccc(C(F)(F)F)nc1. The van der Waals surface area contributed by atoms with Crippen LogP contribution in [0.5, 0.6) is 5.75 Å². The maximum absolute atomic E-state index is 15.5. The molecule has 3 heterocycles. The second-order valence-corrected chi connectivity index (χ2v) is 8.45. The Morgan fingerprint density at radius 3 is 2.60 bits per heavy atom. The molecule has 1 atom stereocenters. The fraction of sp³-hybridized carbons (Fsp3) is 0.292. The van der Waals surface area contributed by atoms with Gasteiger partial charge in [0.1, 0.15) is 28.6 Å². The van der Waals surface area contributed by atoms with E-state index in [1.165, 1.54) is 12.3 Å². The normalized spacial score (nSPS) is 12.8. The summed E-state index contributed by atoms with van der Waals surface area (Å²) >= 11 is 6.33. The van der Waals surface area contributed by atoms with E-state index in [0.717, 1.165) is 12.3 Å². The van der Waals surface area contributed by atoms with E-state index >= 15 is 4.39 Å². The lowest BCUT2D eigenvalue weighted by Crippen LogP contribution is -2.10. The van der Waals surface area contributed by atoms with Crippen molar-refractivity contribution in [2.75, 3.05) is 12.3 Å². The van der Waals surface area contributed by atoms with E-state index in [9.17, 15) is 13.2 Å². The number of nitrogen functional groups attached to an aromatic ring is 1. The summed E-state index contributed by atoms with van der Waals surface area (Å²) in [7, 11) is 0. The van der Waals surface area contributed by atoms with Crippen molar-refractivity contribution in [2.45, 2.75) is 39.3 Å². The minimum absolute atomic E-state index is 0.0367. The van der Waals surface area contributed by atoms with Crippen molar-refractivity contribution in [3.63, 3.8) is 0 Å². The number of fused-ring (bicyclic) bond motifs is 1. The summed E-state index contributed by atoms with van der Waals surface area (Å²) in [4.78, 5) is 12.0. The molecule has 1 aromatic carbocycles. The number of benzene rings is 1. The number of rotatable bonds is 6. The van der Waals surface area contributed by atoms with Gasteiger partial charge >= 0.3 is 6.18 Å². The average molecular weight is 508 g/mol. The van der Waals surface area contributed by atoms with Gasteiger partial charge in [0, 0.05) is 35.6 Å². The molecule has 0 aliphatic heterocycles. The highest BCUT2D eigenvalue weighted by Gasteiger charge is 2.33. The molecule has 2 N–H and O–H groups in total. The number of nitrogens with two attached hydrogens (primary N) is 1. The van der Waals surface area contributed by atoms with Crippen molar-refractivity contribution in [2.24, 2.45) is 0 Å². The van der Waals surface area contributed by atoms with E-state index in [4.69, 9.17) is 22.1 Å². The zero-order valence-electron chi connectivity index (χ0n) is 19.1. The Bertz CT molecular complexity index is 1390. The van der Waals surface area contributed by atoms with Crippen LogP contribution in [0, 0.1) is 12.7 Å². The Balaban J connectivity index is 1.93. The van der Waals surface area contributed by atoms with Gasteiger partial charge in [-0.3, -0.25) is 9.38 Å². The second-order valence-electron chi connectivity index (χ2n) is 8.09. The number of halogens is 5. The van der Waals surface area contributed by atoms with Crippen molar-refractivity contribution >= 4 is 22.9 Å². The fourth-order valence-electron chi connectivity index (χ4n) is 3.94. The van der Waals surface area contributed by atoms with Gasteiger partial charge in [-0.25, -0.2) is 14.4 Å². The molecular formula is C24H22ClF4N5O. The molecule has 4 rings (SSSR count). The van der Waals surface area contributed by atoms with Crippen molar-refractivity contribution < 1.29 is 22.3 Å². The first-order valence-electron chi connectivity index (χ1n) is 10.8. The molecule has 0 bridgehead atoms. The van der Waals surface area contributed by atoms with E-state index in [0.29, 0.717) is 28.9 Å². The first kappa shape index (κ1) is 24.7. The fourth-order valence-corrected chi connectivity index (χ4v) is 4.21. The molecule has 4 aromatic rings. The molecule has 3 aromatic heterocycles. The van der Waals surface area contributed by atoms with Crippen molar-refractivity contribution in [1.82, 2.24) is 19.4 Å². The number of hydrogen-bond acceptors (Lipinski definition) is 5. The molecular weight excluding hydrogens is 486 g/mol. The molecule has 0 unspecified atom stereocenters. The number of imidazole rings is 1. The molecule has 184 valence electrons. The van der Waals surface area contributed by atoms with E-state index < -0.39 is 23.6 Å². The zero-order chi connectivity index (χ0) is 25.5. The van der Waals surface area contributed by atoms with Crippen LogP contribution < -0.4 is 10.5 Å². The summed E-state index contributed by atoms with van der Waals surface area (Å²) in [5.41, 5.74) is 6.43. The number of ether oxygens (including phenoxy) is 1. The summed E-state index contributed by atoms with van der Waals surface area (Å²) in [5.74, 6) is -0.128. The van der Waals surface area contributed by atoms with Gasteiger partial charge in [-0.05, 0) is 31.0 Å². The molecule has 11 heteroatoms. The largest absolute Gasteiger partial charge is 0.493 e. The van der Waals surface area contributed by atoms with Gasteiger partial charge in [-0.2, -0.15) is 13.2 Å². The van der Waals surface area contributed by atoms with Crippen LogP contribution in [0.25, 0.3) is 16.6 Å². The Labute approximate surface area is 203 Å². The molecule has 0 aliphatic carbocycles. The molecule has 6 nitrogen and oxygen atoms in total. The summed E-state index contributed by atoms with van der Waals surface area (Å²) in [6.45, 7) is 5.59. The molecule has 35 heavy (non-hydrogen) atoms. The topological polar surface area (TPSA) is 78.3 Å². The van der Waals surface area contributed by atoms with Crippen LogP contribution in [0.4, 0.5) is 23.4 Å². The standard InChI is InChI=1S/C24H22ClF4N5O/c1-4-9-35-20-15(13(3)23-33-21(25)19-22(30)31-7-8-34(19)23)10-12(2)18(26)17(20)14-5-6-16(32-11-14)24(27,28)29/h5-8,10-11,13H,4,9H2,1-3H3,(H2,30,31)/t13-/m0/s1. The molecule has 0 spiro atoms. The Morgan fingerprint density at radius 2 is 1.97 bits per heavy atom. The Morgan fingerprint density at radius 1 is 1.23 bits per heavy atom. The lowest BCUT2D eigenvalue weighted by atomic mass is 9.91. The third kappa shape index (κ3) is 4.50. The van der Waals surface area contributed by atoms with Crippen LogP contribution in [0.2, 0.25) is 5.15 Å². The number of nitrogens with zero attached hydrogens (tertiary/aromatic N) is 4.